The Kier molecular flexibility index (Phi) is 2.38. The van der Waals surface area contributed by atoms with Crippen LogP contribution in [0.5, 0.6) is 0 Å². The van der Waals surface area contributed by atoms with E-state index in [9.17, 15) is 9.90 Å². The largest absolute Gasteiger partial charge is 0.494 e. The molecule has 0 atom stereocenters. The van der Waals surface area contributed by atoms with Crippen LogP contribution in [-0.4, -0.2) is 27.4 Å². The molecule has 1 saturated carbocycles. The van der Waals surface area contributed by atoms with Crippen molar-refractivity contribution >= 4 is 11.6 Å². The molecule has 0 radical (unpaired) electrons. The zero-order valence-electron chi connectivity index (χ0n) is 7.29. The topological polar surface area (TPSA) is 93.4 Å². The minimum Gasteiger partial charge on any atom is -0.494 e. The molecule has 0 bridgehead atoms. The Morgan fingerprint density at radius 3 is 2.54 bits per heavy atom. The summed E-state index contributed by atoms with van der Waals surface area (Å²) in [6, 6.07) is 0. The predicted molar refractivity (Wildman–Crippen MR) is 46.4 cm³/mol. The van der Waals surface area contributed by atoms with Crippen molar-refractivity contribution in [1.29, 1.82) is 5.41 Å². The third-order valence-corrected chi connectivity index (χ3v) is 1.81. The van der Waals surface area contributed by atoms with Gasteiger partial charge in [0, 0.05) is 13.0 Å². The van der Waals surface area contributed by atoms with Gasteiger partial charge >= 0.3 is 0 Å². The zero-order chi connectivity index (χ0) is 10.1. The summed E-state index contributed by atoms with van der Waals surface area (Å²) < 4.78 is 0. The van der Waals surface area contributed by atoms with Crippen LogP contribution in [0.3, 0.4) is 0 Å². The maximum atomic E-state index is 10.5. The molecule has 4 N–H and O–H groups in total. The minimum atomic E-state index is -1.08. The first-order valence-corrected chi connectivity index (χ1v) is 3.94. The van der Waals surface area contributed by atoms with Crippen LogP contribution in [-0.2, 0) is 4.79 Å². The fourth-order valence-corrected chi connectivity index (χ4v) is 0.875. The lowest BCUT2D eigenvalue weighted by Crippen LogP contribution is -2.24. The van der Waals surface area contributed by atoms with Gasteiger partial charge in [0.2, 0.25) is 5.91 Å². The van der Waals surface area contributed by atoms with Crippen LogP contribution >= 0.6 is 0 Å². The number of aliphatic hydroxyl groups excluding tert-OH is 1. The molecule has 72 valence electrons. The van der Waals surface area contributed by atoms with E-state index in [0.717, 1.165) is 6.08 Å². The third-order valence-electron chi connectivity index (χ3n) is 1.81. The molecule has 0 aromatic carbocycles. The first kappa shape index (κ1) is 9.73. The first-order valence-electron chi connectivity index (χ1n) is 3.94. The van der Waals surface area contributed by atoms with Gasteiger partial charge in [-0.2, -0.15) is 0 Å². The lowest BCUT2D eigenvalue weighted by Gasteiger charge is -2.05. The third kappa shape index (κ3) is 2.55. The van der Waals surface area contributed by atoms with E-state index in [1.54, 1.807) is 0 Å². The fraction of sp³-hybridized carbons (Fsp3) is 0.500. The molecule has 0 aliphatic heterocycles. The molecule has 1 fully saturated rings. The van der Waals surface area contributed by atoms with Gasteiger partial charge in [0.05, 0.1) is 5.71 Å². The Morgan fingerprint density at radius 1 is 1.62 bits per heavy atom. The van der Waals surface area contributed by atoms with Gasteiger partial charge in [0.25, 0.3) is 0 Å². The standard InChI is InChI=1S/C8H12N2O3/c1-5(11)10-7(12)4-6(9)8(13)2-3-8/h4,9,12-13H,2-3H2,1H3,(H,10,11)/b7-4-,9-6?. The molecule has 13 heavy (non-hydrogen) atoms. The molecule has 1 aliphatic carbocycles. The van der Waals surface area contributed by atoms with Crippen LogP contribution in [0.2, 0.25) is 0 Å². The molecular formula is C8H12N2O3. The number of aliphatic hydroxyl groups is 2. The highest BCUT2D eigenvalue weighted by atomic mass is 16.3. The van der Waals surface area contributed by atoms with Gasteiger partial charge in [-0.15, -0.1) is 0 Å². The maximum Gasteiger partial charge on any atom is 0.223 e. The Morgan fingerprint density at radius 2 is 2.15 bits per heavy atom. The van der Waals surface area contributed by atoms with Crippen LogP contribution in [0.4, 0.5) is 0 Å². The quantitative estimate of drug-likeness (QED) is 0.369. The number of nitrogens with one attached hydrogen (secondary N) is 2. The molecule has 1 aliphatic rings. The van der Waals surface area contributed by atoms with E-state index in [1.165, 1.54) is 6.92 Å². The normalized spacial score (nSPS) is 19.4. The average Bonchev–Trinajstić information content (AvgIpc) is 2.67. The SMILES string of the molecule is CC(=O)N/C(O)=C/C(=N)C1(O)CC1. The van der Waals surface area contributed by atoms with E-state index in [1.807, 2.05) is 0 Å². The first-order chi connectivity index (χ1) is 5.94. The molecule has 0 unspecified atom stereocenters. The number of carbonyl (C=O) groups is 1. The maximum absolute atomic E-state index is 10.5. The molecule has 1 rings (SSSR count). The summed E-state index contributed by atoms with van der Waals surface area (Å²) in [4.78, 5) is 10.5. The summed E-state index contributed by atoms with van der Waals surface area (Å²) in [7, 11) is 0. The highest BCUT2D eigenvalue weighted by molar-refractivity contribution is 6.01. The second kappa shape index (κ2) is 3.18. The van der Waals surface area contributed by atoms with E-state index in [-0.39, 0.29) is 5.71 Å². The highest BCUT2D eigenvalue weighted by Gasteiger charge is 2.44. The van der Waals surface area contributed by atoms with E-state index in [0.29, 0.717) is 12.8 Å². The zero-order valence-corrected chi connectivity index (χ0v) is 7.29. The van der Waals surface area contributed by atoms with Crippen molar-refractivity contribution in [2.45, 2.75) is 25.4 Å². The highest BCUT2D eigenvalue weighted by Crippen LogP contribution is 2.36. The number of amides is 1. The molecule has 0 saturated heterocycles. The monoisotopic (exact) mass is 184 g/mol. The number of hydrogen-bond donors (Lipinski definition) is 4. The molecule has 0 aromatic heterocycles. The summed E-state index contributed by atoms with van der Waals surface area (Å²) in [5.41, 5.74) is -1.15. The molecule has 0 aromatic rings. The second-order valence-corrected chi connectivity index (χ2v) is 3.16. The molecule has 5 heteroatoms. The number of rotatable bonds is 3. The fourth-order valence-electron chi connectivity index (χ4n) is 0.875. The summed E-state index contributed by atoms with van der Waals surface area (Å²) in [5.74, 6) is -0.817. The Bertz CT molecular complexity index is 279. The molecular weight excluding hydrogens is 172 g/mol. The molecule has 0 spiro atoms. The Labute approximate surface area is 75.6 Å². The van der Waals surface area contributed by atoms with Crippen LogP contribution in [0.1, 0.15) is 19.8 Å². The van der Waals surface area contributed by atoms with E-state index in [4.69, 9.17) is 10.5 Å². The Balaban J connectivity index is 2.54. The van der Waals surface area contributed by atoms with Gasteiger partial charge in [-0.1, -0.05) is 0 Å². The lowest BCUT2D eigenvalue weighted by atomic mass is 10.2. The van der Waals surface area contributed by atoms with Gasteiger partial charge < -0.3 is 15.6 Å². The summed E-state index contributed by atoms with van der Waals surface area (Å²) in [6.07, 6.45) is 2.12. The van der Waals surface area contributed by atoms with Crippen molar-refractivity contribution < 1.29 is 15.0 Å². The van der Waals surface area contributed by atoms with Gasteiger partial charge in [-0.25, -0.2) is 0 Å². The van der Waals surface area contributed by atoms with E-state index >= 15 is 0 Å². The van der Waals surface area contributed by atoms with Crippen molar-refractivity contribution in [3.63, 3.8) is 0 Å². The van der Waals surface area contributed by atoms with Crippen LogP contribution in [0, 0.1) is 5.41 Å². The van der Waals surface area contributed by atoms with Crippen LogP contribution in [0.15, 0.2) is 12.0 Å². The average molecular weight is 184 g/mol. The van der Waals surface area contributed by atoms with Gasteiger partial charge in [-0.05, 0) is 12.8 Å². The van der Waals surface area contributed by atoms with Crippen LogP contribution in [0.25, 0.3) is 0 Å². The predicted octanol–water partition coefficient (Wildman–Crippen LogP) is 0.0666. The van der Waals surface area contributed by atoms with Gasteiger partial charge in [0.15, 0.2) is 5.88 Å². The summed E-state index contributed by atoms with van der Waals surface area (Å²) in [5, 5.41) is 27.9. The lowest BCUT2D eigenvalue weighted by molar-refractivity contribution is -0.118. The second-order valence-electron chi connectivity index (χ2n) is 3.16. The minimum absolute atomic E-state index is 0.0706. The molecule has 5 nitrogen and oxygen atoms in total. The van der Waals surface area contributed by atoms with Crippen molar-refractivity contribution in [2.24, 2.45) is 0 Å². The van der Waals surface area contributed by atoms with Gasteiger partial charge in [0.1, 0.15) is 5.60 Å². The van der Waals surface area contributed by atoms with Crippen molar-refractivity contribution in [3.8, 4) is 0 Å². The van der Waals surface area contributed by atoms with Crippen molar-refractivity contribution in [3.05, 3.63) is 12.0 Å². The smallest absolute Gasteiger partial charge is 0.223 e. The number of hydrogen-bond acceptors (Lipinski definition) is 4. The van der Waals surface area contributed by atoms with E-state index in [2.05, 4.69) is 5.32 Å². The molecule has 0 heterocycles. The van der Waals surface area contributed by atoms with Crippen molar-refractivity contribution in [2.75, 3.05) is 0 Å². The Hall–Kier alpha value is -1.36. The molecule has 1 amide bonds. The summed E-state index contributed by atoms with van der Waals surface area (Å²) >= 11 is 0. The summed E-state index contributed by atoms with van der Waals surface area (Å²) in [6.45, 7) is 1.25. The van der Waals surface area contributed by atoms with Crippen LogP contribution < -0.4 is 5.32 Å². The van der Waals surface area contributed by atoms with E-state index < -0.39 is 17.4 Å². The van der Waals surface area contributed by atoms with Gasteiger partial charge in [-0.3, -0.25) is 10.1 Å². The van der Waals surface area contributed by atoms with Crippen molar-refractivity contribution in [1.82, 2.24) is 5.32 Å². The number of carbonyl (C=O) groups excluding carboxylic acids is 1.